The largest absolute Gasteiger partial charge is 0.490 e. The van der Waals surface area contributed by atoms with Gasteiger partial charge in [0.2, 0.25) is 0 Å². The molecule has 0 amide bonds. The molecule has 0 N–H and O–H groups in total. The maximum Gasteiger partial charge on any atom is 0.255 e. The number of aromatic nitrogens is 1. The van der Waals surface area contributed by atoms with Gasteiger partial charge in [-0.1, -0.05) is 18.2 Å². The zero-order valence-electron chi connectivity index (χ0n) is 12.7. The van der Waals surface area contributed by atoms with Gasteiger partial charge in [-0.05, 0) is 39.0 Å². The molecule has 0 atom stereocenters. The summed E-state index contributed by atoms with van der Waals surface area (Å²) in [5, 5.41) is 0. The molecule has 1 heterocycles. The van der Waals surface area contributed by atoms with Crippen molar-refractivity contribution in [2.45, 2.75) is 39.2 Å². The molecule has 2 rings (SSSR count). The number of rotatable bonds is 5. The highest BCUT2D eigenvalue weighted by molar-refractivity contribution is 7.79. The minimum atomic E-state index is 0.0179. The molecule has 0 radical (unpaired) electrons. The van der Waals surface area contributed by atoms with Gasteiger partial charge in [0.1, 0.15) is 5.75 Å². The molecule has 112 valence electrons. The van der Waals surface area contributed by atoms with Crippen LogP contribution in [0.3, 0.4) is 0 Å². The van der Waals surface area contributed by atoms with Crippen LogP contribution in [0, 0.1) is 0 Å². The number of hydrogen-bond acceptors (Lipinski definition) is 3. The first-order valence-corrected chi connectivity index (χ1v) is 7.81. The van der Waals surface area contributed by atoms with Crippen LogP contribution in [0.1, 0.15) is 26.3 Å². The Bertz CT molecular complexity index is 677. The van der Waals surface area contributed by atoms with Crippen molar-refractivity contribution in [2.24, 2.45) is 0 Å². The van der Waals surface area contributed by atoms with Gasteiger partial charge < -0.3 is 9.30 Å². The van der Waals surface area contributed by atoms with Gasteiger partial charge in [0.15, 0.2) is 0 Å². The van der Waals surface area contributed by atoms with Crippen LogP contribution in [0.25, 0.3) is 11.3 Å². The minimum absolute atomic E-state index is 0.0179. The highest BCUT2D eigenvalue weighted by Crippen LogP contribution is 2.30. The summed E-state index contributed by atoms with van der Waals surface area (Å²) in [6, 6.07) is 11.6. The van der Waals surface area contributed by atoms with E-state index in [9.17, 15) is 4.79 Å². The molecule has 3 nitrogen and oxygen atoms in total. The first-order valence-electron chi connectivity index (χ1n) is 7.18. The second-order valence-corrected chi connectivity index (χ2v) is 5.43. The van der Waals surface area contributed by atoms with Crippen molar-refractivity contribution in [3.8, 4) is 17.0 Å². The lowest BCUT2D eigenvalue weighted by Gasteiger charge is -2.17. The second kappa shape index (κ2) is 6.85. The smallest absolute Gasteiger partial charge is 0.255 e. The molecule has 2 aromatic rings. The maximum atomic E-state index is 12.4. The summed E-state index contributed by atoms with van der Waals surface area (Å²) in [4.78, 5) is 12.4. The van der Waals surface area contributed by atoms with Crippen molar-refractivity contribution in [1.82, 2.24) is 4.57 Å². The summed E-state index contributed by atoms with van der Waals surface area (Å²) in [7, 11) is 0. The SMILES string of the molecule is CCn1c(-c2ccccc2OC(C)C)ccc(CS)c1=O. The van der Waals surface area contributed by atoms with Crippen LogP contribution in [0.15, 0.2) is 41.2 Å². The molecular formula is C17H21NO2S. The average Bonchev–Trinajstić information content (AvgIpc) is 2.47. The van der Waals surface area contributed by atoms with Crippen LogP contribution in [-0.2, 0) is 12.3 Å². The van der Waals surface area contributed by atoms with Crippen LogP contribution in [0.2, 0.25) is 0 Å². The van der Waals surface area contributed by atoms with E-state index in [0.29, 0.717) is 17.9 Å². The Morgan fingerprint density at radius 2 is 1.90 bits per heavy atom. The highest BCUT2D eigenvalue weighted by Gasteiger charge is 2.13. The van der Waals surface area contributed by atoms with E-state index in [-0.39, 0.29) is 11.7 Å². The molecular weight excluding hydrogens is 282 g/mol. The summed E-state index contributed by atoms with van der Waals surface area (Å²) >= 11 is 4.22. The van der Waals surface area contributed by atoms with E-state index < -0.39 is 0 Å². The van der Waals surface area contributed by atoms with Crippen LogP contribution in [-0.4, -0.2) is 10.7 Å². The van der Waals surface area contributed by atoms with Crippen LogP contribution >= 0.6 is 12.6 Å². The molecule has 0 aliphatic carbocycles. The van der Waals surface area contributed by atoms with Gasteiger partial charge in [-0.3, -0.25) is 4.79 Å². The topological polar surface area (TPSA) is 31.2 Å². The van der Waals surface area contributed by atoms with Crippen molar-refractivity contribution in [3.63, 3.8) is 0 Å². The number of pyridine rings is 1. The molecule has 0 bridgehead atoms. The summed E-state index contributed by atoms with van der Waals surface area (Å²) in [6.45, 7) is 6.58. The number of benzene rings is 1. The molecule has 0 saturated carbocycles. The summed E-state index contributed by atoms with van der Waals surface area (Å²) < 4.78 is 7.64. The Labute approximate surface area is 131 Å². The number of nitrogens with zero attached hydrogens (tertiary/aromatic N) is 1. The van der Waals surface area contributed by atoms with Gasteiger partial charge in [0.05, 0.1) is 11.8 Å². The van der Waals surface area contributed by atoms with E-state index in [1.165, 1.54) is 0 Å². The molecule has 1 aromatic carbocycles. The van der Waals surface area contributed by atoms with Gasteiger partial charge >= 0.3 is 0 Å². The minimum Gasteiger partial charge on any atom is -0.490 e. The van der Waals surface area contributed by atoms with Crippen LogP contribution in [0.5, 0.6) is 5.75 Å². The van der Waals surface area contributed by atoms with Crippen LogP contribution < -0.4 is 10.3 Å². The third-order valence-electron chi connectivity index (χ3n) is 3.27. The predicted octanol–water partition coefficient (Wildman–Crippen LogP) is 3.75. The van der Waals surface area contributed by atoms with Gasteiger partial charge in [-0.25, -0.2) is 0 Å². The quantitative estimate of drug-likeness (QED) is 0.853. The number of hydrogen-bond donors (Lipinski definition) is 1. The zero-order valence-corrected chi connectivity index (χ0v) is 13.6. The molecule has 21 heavy (non-hydrogen) atoms. The van der Waals surface area contributed by atoms with E-state index in [2.05, 4.69) is 12.6 Å². The fourth-order valence-electron chi connectivity index (χ4n) is 2.33. The van der Waals surface area contributed by atoms with Gasteiger partial charge in [-0.15, -0.1) is 0 Å². The summed E-state index contributed by atoms with van der Waals surface area (Å²) in [5.74, 6) is 1.25. The number of thiol groups is 1. The maximum absolute atomic E-state index is 12.4. The third-order valence-corrected chi connectivity index (χ3v) is 3.61. The first-order chi connectivity index (χ1) is 10.1. The zero-order chi connectivity index (χ0) is 15.4. The summed E-state index contributed by atoms with van der Waals surface area (Å²) in [6.07, 6.45) is 0.0877. The van der Waals surface area contributed by atoms with Crippen molar-refractivity contribution >= 4 is 12.6 Å². The van der Waals surface area contributed by atoms with Gasteiger partial charge in [0.25, 0.3) is 5.56 Å². The van der Waals surface area contributed by atoms with E-state index in [1.54, 1.807) is 4.57 Å². The molecule has 1 aromatic heterocycles. The third kappa shape index (κ3) is 3.32. The van der Waals surface area contributed by atoms with E-state index in [4.69, 9.17) is 4.74 Å². The lowest BCUT2D eigenvalue weighted by Crippen LogP contribution is -2.24. The van der Waals surface area contributed by atoms with Crippen molar-refractivity contribution in [3.05, 3.63) is 52.3 Å². The van der Waals surface area contributed by atoms with E-state index in [0.717, 1.165) is 17.0 Å². The normalized spacial score (nSPS) is 10.9. The molecule has 0 aliphatic heterocycles. The van der Waals surface area contributed by atoms with E-state index in [1.807, 2.05) is 57.2 Å². The number of para-hydroxylation sites is 1. The van der Waals surface area contributed by atoms with Gasteiger partial charge in [0, 0.05) is 23.4 Å². The van der Waals surface area contributed by atoms with Crippen molar-refractivity contribution in [2.75, 3.05) is 0 Å². The molecule has 0 fully saturated rings. The predicted molar refractivity (Wildman–Crippen MR) is 90.3 cm³/mol. The fraction of sp³-hybridized carbons (Fsp3) is 0.353. The Balaban J connectivity index is 2.62. The highest BCUT2D eigenvalue weighted by atomic mass is 32.1. The summed E-state index contributed by atoms with van der Waals surface area (Å²) in [5.41, 5.74) is 2.55. The molecule has 0 aliphatic rings. The standard InChI is InChI=1S/C17H21NO2S/c1-4-18-15(10-9-13(11-21)17(18)19)14-7-5-6-8-16(14)20-12(2)3/h5-10,12,21H,4,11H2,1-3H3. The van der Waals surface area contributed by atoms with Crippen LogP contribution in [0.4, 0.5) is 0 Å². The Hall–Kier alpha value is -1.68. The van der Waals surface area contributed by atoms with E-state index >= 15 is 0 Å². The Morgan fingerprint density at radius 3 is 2.52 bits per heavy atom. The second-order valence-electron chi connectivity index (χ2n) is 5.11. The first kappa shape index (κ1) is 15.7. The van der Waals surface area contributed by atoms with Crippen molar-refractivity contribution in [1.29, 1.82) is 0 Å². The molecule has 0 spiro atoms. The Kier molecular flexibility index (Phi) is 5.12. The Morgan fingerprint density at radius 1 is 1.19 bits per heavy atom. The lowest BCUT2D eigenvalue weighted by molar-refractivity contribution is 0.243. The van der Waals surface area contributed by atoms with Gasteiger partial charge in [-0.2, -0.15) is 12.6 Å². The molecule has 0 unspecified atom stereocenters. The lowest BCUT2D eigenvalue weighted by atomic mass is 10.1. The monoisotopic (exact) mass is 303 g/mol. The molecule has 4 heteroatoms. The average molecular weight is 303 g/mol. The van der Waals surface area contributed by atoms with Crippen molar-refractivity contribution < 1.29 is 4.74 Å². The number of ether oxygens (including phenoxy) is 1. The molecule has 0 saturated heterocycles. The fourth-order valence-corrected chi connectivity index (χ4v) is 2.57.